The van der Waals surface area contributed by atoms with E-state index in [1.165, 1.54) is 43.6 Å². The minimum absolute atomic E-state index is 0.0346. The van der Waals surface area contributed by atoms with Crippen LogP contribution >= 0.6 is 0 Å². The van der Waals surface area contributed by atoms with E-state index in [2.05, 4.69) is 9.72 Å². The summed E-state index contributed by atoms with van der Waals surface area (Å²) in [5.41, 5.74) is -1.32. The minimum Gasteiger partial charge on any atom is -0.465 e. The van der Waals surface area contributed by atoms with Crippen LogP contribution in [0.2, 0.25) is 0 Å². The summed E-state index contributed by atoms with van der Waals surface area (Å²) in [6.07, 6.45) is -4.02. The largest absolute Gasteiger partial charge is 0.465 e. The molecule has 1 aromatic heterocycles. The molecule has 0 aliphatic heterocycles. The van der Waals surface area contributed by atoms with Gasteiger partial charge in [-0.2, -0.15) is 13.2 Å². The molecule has 32 heavy (non-hydrogen) atoms. The number of carbonyl (C=O) groups excluding carboxylic acids is 2. The number of carbonyl (C=O) groups is 2. The summed E-state index contributed by atoms with van der Waals surface area (Å²) < 4.78 is 71.9. The van der Waals surface area contributed by atoms with Crippen molar-refractivity contribution < 1.29 is 36.3 Å². The topological polar surface area (TPSA) is 56.3 Å². The molecule has 4 nitrogen and oxygen atoms in total. The van der Waals surface area contributed by atoms with E-state index in [1.807, 2.05) is 0 Å². The highest BCUT2D eigenvalue weighted by Gasteiger charge is 2.35. The van der Waals surface area contributed by atoms with Gasteiger partial charge in [-0.3, -0.25) is 9.78 Å². The van der Waals surface area contributed by atoms with Gasteiger partial charge in [0, 0.05) is 24.1 Å². The highest BCUT2D eigenvalue weighted by atomic mass is 19.4. The first-order valence-electron chi connectivity index (χ1n) is 9.30. The van der Waals surface area contributed by atoms with Crippen molar-refractivity contribution in [2.24, 2.45) is 0 Å². The van der Waals surface area contributed by atoms with Crippen molar-refractivity contribution in [2.45, 2.75) is 18.5 Å². The third kappa shape index (κ3) is 4.99. The Hall–Kier alpha value is -3.62. The summed E-state index contributed by atoms with van der Waals surface area (Å²) in [6, 6.07) is 10.1. The van der Waals surface area contributed by atoms with Crippen molar-refractivity contribution in [1.82, 2.24) is 4.98 Å². The zero-order chi connectivity index (χ0) is 23.5. The second-order valence-corrected chi connectivity index (χ2v) is 6.86. The number of nitrogens with zero attached hydrogens (tertiary/aromatic N) is 1. The Kier molecular flexibility index (Phi) is 6.67. The Bertz CT molecular complexity index is 1140. The Labute approximate surface area is 179 Å². The zero-order valence-corrected chi connectivity index (χ0v) is 16.6. The first-order valence-corrected chi connectivity index (χ1v) is 9.30. The predicted molar refractivity (Wildman–Crippen MR) is 104 cm³/mol. The number of alkyl halides is 3. The molecule has 0 bridgehead atoms. The molecule has 0 aliphatic rings. The highest BCUT2D eigenvalue weighted by molar-refractivity contribution is 5.98. The van der Waals surface area contributed by atoms with Crippen LogP contribution in [0.5, 0.6) is 0 Å². The van der Waals surface area contributed by atoms with E-state index in [1.54, 1.807) is 0 Å². The summed E-state index contributed by atoms with van der Waals surface area (Å²) in [4.78, 5) is 28.3. The van der Waals surface area contributed by atoms with Gasteiger partial charge in [0.05, 0.1) is 23.9 Å². The molecule has 0 amide bonds. The average Bonchev–Trinajstić information content (AvgIpc) is 2.76. The van der Waals surface area contributed by atoms with Crippen LogP contribution in [-0.2, 0) is 10.9 Å². The van der Waals surface area contributed by atoms with Gasteiger partial charge in [-0.15, -0.1) is 0 Å². The number of methoxy groups -OCH3 is 1. The monoisotopic (exact) mass is 449 g/mol. The minimum atomic E-state index is -4.90. The second kappa shape index (κ2) is 9.25. The summed E-state index contributed by atoms with van der Waals surface area (Å²) in [5, 5.41) is 0. The number of Topliss-reactive ketones (excluding diaryl/α,β-unsaturated/α-hetero) is 1. The van der Waals surface area contributed by atoms with Crippen LogP contribution in [0.4, 0.5) is 22.0 Å². The van der Waals surface area contributed by atoms with Crippen LogP contribution in [0.1, 0.15) is 49.9 Å². The van der Waals surface area contributed by atoms with Gasteiger partial charge in [0.2, 0.25) is 0 Å². The van der Waals surface area contributed by atoms with E-state index < -0.39 is 47.5 Å². The maximum Gasteiger partial charge on any atom is 0.419 e. The third-order valence-electron chi connectivity index (χ3n) is 4.84. The lowest BCUT2D eigenvalue weighted by molar-refractivity contribution is -0.140. The summed E-state index contributed by atoms with van der Waals surface area (Å²) in [6.45, 7) is 0. The Morgan fingerprint density at radius 2 is 1.62 bits per heavy atom. The molecule has 0 aliphatic carbocycles. The summed E-state index contributed by atoms with van der Waals surface area (Å²) in [5.74, 6) is -4.56. The molecule has 0 radical (unpaired) electrons. The number of hydrogen-bond donors (Lipinski definition) is 0. The van der Waals surface area contributed by atoms with E-state index in [9.17, 15) is 31.5 Å². The quantitative estimate of drug-likeness (QED) is 0.281. The fourth-order valence-corrected chi connectivity index (χ4v) is 3.22. The Morgan fingerprint density at radius 3 is 2.19 bits per heavy atom. The van der Waals surface area contributed by atoms with Crippen molar-refractivity contribution in [1.29, 1.82) is 0 Å². The molecule has 1 heterocycles. The lowest BCUT2D eigenvalue weighted by Crippen LogP contribution is -2.14. The molecule has 0 saturated heterocycles. The number of esters is 1. The van der Waals surface area contributed by atoms with Gasteiger partial charge in [-0.25, -0.2) is 13.6 Å². The SMILES string of the molecule is COC(=O)c1ccc(C(=O)C[C@@H](c2ccc(C(F)(F)F)c(F)c2)c2ncccc2F)cc1. The summed E-state index contributed by atoms with van der Waals surface area (Å²) >= 11 is 0. The molecule has 0 spiro atoms. The van der Waals surface area contributed by atoms with Crippen molar-refractivity contribution in [3.63, 3.8) is 0 Å². The Balaban J connectivity index is 1.98. The van der Waals surface area contributed by atoms with E-state index in [0.717, 1.165) is 12.1 Å². The van der Waals surface area contributed by atoms with Gasteiger partial charge in [0.25, 0.3) is 0 Å². The number of rotatable bonds is 6. The van der Waals surface area contributed by atoms with Crippen LogP contribution < -0.4 is 0 Å². The van der Waals surface area contributed by atoms with E-state index in [4.69, 9.17) is 0 Å². The third-order valence-corrected chi connectivity index (χ3v) is 4.84. The number of halogens is 5. The lowest BCUT2D eigenvalue weighted by Gasteiger charge is -2.18. The fraction of sp³-hybridized carbons (Fsp3) is 0.174. The molecule has 0 N–H and O–H groups in total. The number of ether oxygens (including phenoxy) is 1. The van der Waals surface area contributed by atoms with Crippen LogP contribution in [0, 0.1) is 11.6 Å². The fourth-order valence-electron chi connectivity index (χ4n) is 3.22. The smallest absolute Gasteiger partial charge is 0.419 e. The van der Waals surface area contributed by atoms with Crippen LogP contribution in [0.15, 0.2) is 60.8 Å². The van der Waals surface area contributed by atoms with Gasteiger partial charge < -0.3 is 4.74 Å². The van der Waals surface area contributed by atoms with E-state index >= 15 is 0 Å². The molecule has 3 rings (SSSR count). The maximum atomic E-state index is 14.4. The number of aromatic nitrogens is 1. The van der Waals surface area contributed by atoms with Crippen molar-refractivity contribution >= 4 is 11.8 Å². The molecule has 166 valence electrons. The van der Waals surface area contributed by atoms with Crippen LogP contribution in [0.25, 0.3) is 0 Å². The predicted octanol–water partition coefficient (Wildman–Crippen LogP) is 5.57. The van der Waals surface area contributed by atoms with Crippen molar-refractivity contribution in [3.8, 4) is 0 Å². The maximum absolute atomic E-state index is 14.4. The standard InChI is InChI=1S/C23H16F5NO3/c1-32-22(31)14-6-4-13(5-7-14)20(30)12-16(21-18(24)3-2-10-29-21)15-8-9-17(19(25)11-15)23(26,27)28/h2-11,16H,12H2,1H3/t16-/m0/s1. The van der Waals surface area contributed by atoms with Gasteiger partial charge in [-0.05, 0) is 42.0 Å². The van der Waals surface area contributed by atoms with Crippen molar-refractivity contribution in [2.75, 3.05) is 7.11 Å². The molecule has 0 unspecified atom stereocenters. The normalized spacial score (nSPS) is 12.3. The van der Waals surface area contributed by atoms with Gasteiger partial charge in [0.1, 0.15) is 11.6 Å². The number of benzene rings is 2. The molecule has 0 fully saturated rings. The molecular weight excluding hydrogens is 433 g/mol. The first kappa shape index (κ1) is 23.1. The zero-order valence-electron chi connectivity index (χ0n) is 16.6. The van der Waals surface area contributed by atoms with Gasteiger partial charge in [-0.1, -0.05) is 18.2 Å². The molecule has 2 aromatic carbocycles. The Morgan fingerprint density at radius 1 is 0.969 bits per heavy atom. The molecule has 9 heteroatoms. The molecule has 0 saturated carbocycles. The van der Waals surface area contributed by atoms with Crippen LogP contribution in [-0.4, -0.2) is 23.8 Å². The van der Waals surface area contributed by atoms with Gasteiger partial charge in [0.15, 0.2) is 5.78 Å². The molecule has 3 aromatic rings. The van der Waals surface area contributed by atoms with Crippen molar-refractivity contribution in [3.05, 3.63) is 100 Å². The number of hydrogen-bond acceptors (Lipinski definition) is 4. The highest BCUT2D eigenvalue weighted by Crippen LogP contribution is 2.35. The molecular formula is C23H16F5NO3. The first-order chi connectivity index (χ1) is 15.1. The van der Waals surface area contributed by atoms with E-state index in [-0.39, 0.29) is 22.4 Å². The van der Waals surface area contributed by atoms with Gasteiger partial charge >= 0.3 is 12.1 Å². The van der Waals surface area contributed by atoms with E-state index in [0.29, 0.717) is 12.1 Å². The number of pyridine rings is 1. The lowest BCUT2D eigenvalue weighted by atomic mass is 9.87. The summed E-state index contributed by atoms with van der Waals surface area (Å²) in [7, 11) is 1.20. The van der Waals surface area contributed by atoms with Crippen LogP contribution in [0.3, 0.4) is 0 Å². The second-order valence-electron chi connectivity index (χ2n) is 6.86. The number of ketones is 1. The average molecular weight is 449 g/mol. The molecule has 1 atom stereocenters.